The Kier molecular flexibility index (Phi) is 7.30. The first-order valence-electron chi connectivity index (χ1n) is 10.1. The molecule has 1 amide bonds. The fraction of sp³-hybridized carbons (Fsp3) is 0.409. The van der Waals surface area contributed by atoms with Gasteiger partial charge in [0.25, 0.3) is 11.6 Å². The minimum Gasteiger partial charge on any atom is -0.497 e. The Hall–Kier alpha value is -3.33. The summed E-state index contributed by atoms with van der Waals surface area (Å²) < 4.78 is 15.9. The fourth-order valence-corrected chi connectivity index (χ4v) is 3.57. The molecule has 1 aliphatic rings. The van der Waals surface area contributed by atoms with Crippen LogP contribution < -0.4 is 14.2 Å². The van der Waals surface area contributed by atoms with E-state index in [9.17, 15) is 14.9 Å². The first kappa shape index (κ1) is 22.4. The number of ether oxygens (including phenoxy) is 3. The first-order chi connectivity index (χ1) is 15.0. The predicted molar refractivity (Wildman–Crippen MR) is 115 cm³/mol. The zero-order valence-electron chi connectivity index (χ0n) is 18.0. The minimum atomic E-state index is -0.564. The molecular formula is C22H27N3O6. The normalized spacial score (nSPS) is 14.2. The summed E-state index contributed by atoms with van der Waals surface area (Å²) in [6.45, 7) is 5.25. The van der Waals surface area contributed by atoms with Gasteiger partial charge in [0.1, 0.15) is 11.3 Å². The van der Waals surface area contributed by atoms with E-state index in [1.807, 2.05) is 24.3 Å². The average Bonchev–Trinajstić information content (AvgIpc) is 2.79. The van der Waals surface area contributed by atoms with Gasteiger partial charge in [-0.05, 0) is 24.6 Å². The molecule has 1 saturated heterocycles. The second kappa shape index (κ2) is 10.1. The van der Waals surface area contributed by atoms with Crippen LogP contribution in [-0.2, 0) is 6.54 Å². The third-order valence-corrected chi connectivity index (χ3v) is 5.23. The quantitative estimate of drug-likeness (QED) is 0.470. The topological polar surface area (TPSA) is 94.4 Å². The number of nitrogens with zero attached hydrogens (tertiary/aromatic N) is 3. The molecular weight excluding hydrogens is 402 g/mol. The molecule has 2 aromatic carbocycles. The number of methoxy groups -OCH3 is 2. The first-order valence-corrected chi connectivity index (χ1v) is 10.1. The van der Waals surface area contributed by atoms with Crippen molar-refractivity contribution in [1.29, 1.82) is 0 Å². The van der Waals surface area contributed by atoms with Gasteiger partial charge in [0.05, 0.1) is 31.8 Å². The van der Waals surface area contributed by atoms with Crippen LogP contribution in [0, 0.1) is 10.1 Å². The molecule has 1 aliphatic heterocycles. The van der Waals surface area contributed by atoms with E-state index < -0.39 is 4.92 Å². The van der Waals surface area contributed by atoms with E-state index in [0.717, 1.165) is 17.9 Å². The molecule has 0 unspecified atom stereocenters. The molecule has 9 nitrogen and oxygen atoms in total. The number of nitro groups is 1. The van der Waals surface area contributed by atoms with Gasteiger partial charge in [-0.2, -0.15) is 0 Å². The summed E-state index contributed by atoms with van der Waals surface area (Å²) in [7, 11) is 3.04. The maximum absolute atomic E-state index is 13.1. The molecule has 0 aliphatic carbocycles. The van der Waals surface area contributed by atoms with Crippen LogP contribution in [0.5, 0.6) is 17.2 Å². The Bertz CT molecular complexity index is 924. The highest BCUT2D eigenvalue weighted by molar-refractivity contribution is 5.99. The molecule has 2 aromatic rings. The Morgan fingerprint density at radius 1 is 1.03 bits per heavy atom. The van der Waals surface area contributed by atoms with E-state index in [1.165, 1.54) is 19.2 Å². The summed E-state index contributed by atoms with van der Waals surface area (Å²) in [4.78, 5) is 28.0. The van der Waals surface area contributed by atoms with Crippen LogP contribution in [0.25, 0.3) is 0 Å². The van der Waals surface area contributed by atoms with Gasteiger partial charge in [-0.25, -0.2) is 0 Å². The largest absolute Gasteiger partial charge is 0.497 e. The average molecular weight is 429 g/mol. The number of carbonyl (C=O) groups excluding carboxylic acids is 1. The number of piperazine rings is 1. The summed E-state index contributed by atoms with van der Waals surface area (Å²) in [5.74, 6) is 0.984. The van der Waals surface area contributed by atoms with E-state index in [0.29, 0.717) is 38.5 Å². The summed E-state index contributed by atoms with van der Waals surface area (Å²) in [5.41, 5.74) is 0.886. The lowest BCUT2D eigenvalue weighted by Gasteiger charge is -2.34. The van der Waals surface area contributed by atoms with Crippen molar-refractivity contribution < 1.29 is 23.9 Å². The zero-order valence-corrected chi connectivity index (χ0v) is 18.0. The molecule has 31 heavy (non-hydrogen) atoms. The van der Waals surface area contributed by atoms with Crippen molar-refractivity contribution in [2.45, 2.75) is 13.5 Å². The lowest BCUT2D eigenvalue weighted by Crippen LogP contribution is -2.48. The van der Waals surface area contributed by atoms with Crippen molar-refractivity contribution in [3.63, 3.8) is 0 Å². The standard InChI is InChI=1S/C22H27N3O6/c1-4-31-21-13-18(19(25(27)28)14-20(21)30-3)22(26)24-11-9-23(10-12-24)15-16-5-7-17(29-2)8-6-16/h5-8,13-14H,4,9-12,15H2,1-3H3. The molecule has 0 bridgehead atoms. The van der Waals surface area contributed by atoms with Crippen molar-refractivity contribution in [1.82, 2.24) is 9.80 Å². The fourth-order valence-electron chi connectivity index (χ4n) is 3.57. The number of amides is 1. The van der Waals surface area contributed by atoms with E-state index in [-0.39, 0.29) is 22.9 Å². The Morgan fingerprint density at radius 2 is 1.71 bits per heavy atom. The van der Waals surface area contributed by atoms with Crippen molar-refractivity contribution >= 4 is 11.6 Å². The third-order valence-electron chi connectivity index (χ3n) is 5.23. The number of hydrogen-bond acceptors (Lipinski definition) is 7. The van der Waals surface area contributed by atoms with Crippen molar-refractivity contribution in [3.8, 4) is 17.2 Å². The monoisotopic (exact) mass is 429 g/mol. The number of carbonyl (C=O) groups is 1. The molecule has 166 valence electrons. The molecule has 0 N–H and O–H groups in total. The maximum Gasteiger partial charge on any atom is 0.286 e. The minimum absolute atomic E-state index is 0.0119. The van der Waals surface area contributed by atoms with Gasteiger partial charge in [0.2, 0.25) is 0 Å². The van der Waals surface area contributed by atoms with E-state index in [2.05, 4.69) is 4.90 Å². The van der Waals surface area contributed by atoms with Gasteiger partial charge in [-0.1, -0.05) is 12.1 Å². The van der Waals surface area contributed by atoms with Gasteiger partial charge in [0.15, 0.2) is 11.5 Å². The maximum atomic E-state index is 13.1. The number of rotatable bonds is 8. The van der Waals surface area contributed by atoms with E-state index in [1.54, 1.807) is 18.9 Å². The lowest BCUT2D eigenvalue weighted by molar-refractivity contribution is -0.385. The Morgan fingerprint density at radius 3 is 2.26 bits per heavy atom. The second-order valence-electron chi connectivity index (χ2n) is 7.13. The van der Waals surface area contributed by atoms with Gasteiger partial charge >= 0.3 is 0 Å². The Balaban J connectivity index is 1.70. The summed E-state index contributed by atoms with van der Waals surface area (Å²) in [6, 6.07) is 10.5. The molecule has 9 heteroatoms. The van der Waals surface area contributed by atoms with Crippen molar-refractivity contribution in [3.05, 3.63) is 57.6 Å². The van der Waals surface area contributed by atoms with Gasteiger partial charge in [-0.3, -0.25) is 19.8 Å². The summed E-state index contributed by atoms with van der Waals surface area (Å²) in [5, 5.41) is 11.6. The summed E-state index contributed by atoms with van der Waals surface area (Å²) in [6.07, 6.45) is 0. The van der Waals surface area contributed by atoms with E-state index >= 15 is 0 Å². The molecule has 3 rings (SSSR count). The van der Waals surface area contributed by atoms with Gasteiger partial charge in [-0.15, -0.1) is 0 Å². The van der Waals surface area contributed by atoms with Gasteiger partial charge < -0.3 is 19.1 Å². The third kappa shape index (κ3) is 5.24. The predicted octanol–water partition coefficient (Wildman–Crippen LogP) is 2.97. The number of nitro benzene ring substituents is 1. The lowest BCUT2D eigenvalue weighted by atomic mass is 10.1. The molecule has 1 heterocycles. The Labute approximate surface area is 181 Å². The number of benzene rings is 2. The van der Waals surface area contributed by atoms with E-state index in [4.69, 9.17) is 14.2 Å². The highest BCUT2D eigenvalue weighted by Gasteiger charge is 2.30. The molecule has 0 spiro atoms. The summed E-state index contributed by atoms with van der Waals surface area (Å²) >= 11 is 0. The second-order valence-corrected chi connectivity index (χ2v) is 7.13. The van der Waals surface area contributed by atoms with Crippen LogP contribution >= 0.6 is 0 Å². The van der Waals surface area contributed by atoms with Crippen LogP contribution in [-0.4, -0.2) is 67.6 Å². The SMILES string of the molecule is CCOc1cc(C(=O)N2CCN(Cc3ccc(OC)cc3)CC2)c([N+](=O)[O-])cc1OC. The zero-order chi connectivity index (χ0) is 22.4. The smallest absolute Gasteiger partial charge is 0.286 e. The van der Waals surface area contributed by atoms with Crippen LogP contribution in [0.15, 0.2) is 36.4 Å². The molecule has 0 aromatic heterocycles. The molecule has 0 radical (unpaired) electrons. The van der Waals surface area contributed by atoms with Crippen molar-refractivity contribution in [2.24, 2.45) is 0 Å². The van der Waals surface area contributed by atoms with Crippen LogP contribution in [0.1, 0.15) is 22.8 Å². The van der Waals surface area contributed by atoms with Crippen LogP contribution in [0.3, 0.4) is 0 Å². The highest BCUT2D eigenvalue weighted by atomic mass is 16.6. The molecule has 1 fully saturated rings. The van der Waals surface area contributed by atoms with Crippen LogP contribution in [0.4, 0.5) is 5.69 Å². The molecule has 0 saturated carbocycles. The number of hydrogen-bond donors (Lipinski definition) is 0. The van der Waals surface area contributed by atoms with Gasteiger partial charge in [0, 0.05) is 38.8 Å². The highest BCUT2D eigenvalue weighted by Crippen LogP contribution is 2.35. The van der Waals surface area contributed by atoms with Crippen molar-refractivity contribution in [2.75, 3.05) is 47.0 Å². The van der Waals surface area contributed by atoms with Crippen LogP contribution in [0.2, 0.25) is 0 Å². The molecule has 0 atom stereocenters.